The zero-order valence-corrected chi connectivity index (χ0v) is 15.3. The van der Waals surface area contributed by atoms with Crippen LogP contribution in [0.4, 0.5) is 0 Å². The van der Waals surface area contributed by atoms with Crippen LogP contribution in [0.25, 0.3) is 0 Å². The van der Waals surface area contributed by atoms with Crippen LogP contribution in [0, 0.1) is 5.41 Å². The topological polar surface area (TPSA) is 77.0 Å². The number of aliphatic hydroxyl groups is 1. The molecule has 2 fully saturated rings. The maximum absolute atomic E-state index is 11.6. The first kappa shape index (κ1) is 17.5. The van der Waals surface area contributed by atoms with Gasteiger partial charge in [0.15, 0.2) is 5.96 Å². The Morgan fingerprint density at radius 2 is 2.46 bits per heavy atom. The minimum atomic E-state index is -0.618. The summed E-state index contributed by atoms with van der Waals surface area (Å²) in [6, 6.07) is 3.63. The molecule has 1 amide bonds. The number of halogens is 1. The fraction of sp³-hybridized carbons (Fsp3) is 0.625. The Morgan fingerprint density at radius 1 is 1.62 bits per heavy atom. The average molecular weight is 371 g/mol. The number of amides is 1. The summed E-state index contributed by atoms with van der Waals surface area (Å²) in [5, 5.41) is 16.5. The monoisotopic (exact) mass is 370 g/mol. The highest BCUT2D eigenvalue weighted by molar-refractivity contribution is 7.16. The molecule has 0 radical (unpaired) electrons. The van der Waals surface area contributed by atoms with E-state index in [1.165, 1.54) is 11.3 Å². The third kappa shape index (κ3) is 3.84. The number of likely N-dealkylation sites (tertiary alicyclic amines) is 1. The first-order valence-electron chi connectivity index (χ1n) is 8.17. The molecule has 2 saturated heterocycles. The fourth-order valence-corrected chi connectivity index (χ4v) is 4.60. The largest absolute Gasteiger partial charge is 0.386 e. The average Bonchev–Trinajstić information content (AvgIpc) is 3.14. The van der Waals surface area contributed by atoms with Gasteiger partial charge in [0.1, 0.15) is 6.10 Å². The van der Waals surface area contributed by atoms with Crippen molar-refractivity contribution in [2.24, 2.45) is 10.4 Å². The Morgan fingerprint density at radius 3 is 3.08 bits per heavy atom. The molecule has 0 saturated carbocycles. The van der Waals surface area contributed by atoms with Crippen LogP contribution in [0.5, 0.6) is 0 Å². The van der Waals surface area contributed by atoms with E-state index in [1.54, 1.807) is 13.1 Å². The van der Waals surface area contributed by atoms with Crippen LogP contribution < -0.4 is 10.6 Å². The van der Waals surface area contributed by atoms with E-state index in [0.717, 1.165) is 43.3 Å². The summed E-state index contributed by atoms with van der Waals surface area (Å²) >= 11 is 7.30. The van der Waals surface area contributed by atoms with E-state index in [2.05, 4.69) is 20.5 Å². The second kappa shape index (κ2) is 7.29. The Labute approximate surface area is 150 Å². The predicted molar refractivity (Wildman–Crippen MR) is 96.5 cm³/mol. The highest BCUT2D eigenvalue weighted by Crippen LogP contribution is 2.36. The summed E-state index contributed by atoms with van der Waals surface area (Å²) in [6.45, 7) is 2.85. The lowest BCUT2D eigenvalue weighted by molar-refractivity contribution is -0.119. The van der Waals surface area contributed by atoms with Crippen molar-refractivity contribution < 1.29 is 9.90 Å². The van der Waals surface area contributed by atoms with Crippen LogP contribution in [0.3, 0.4) is 0 Å². The molecule has 2 unspecified atom stereocenters. The molecular weight excluding hydrogens is 348 g/mol. The molecule has 2 aliphatic heterocycles. The van der Waals surface area contributed by atoms with Crippen molar-refractivity contribution in [2.75, 3.05) is 33.2 Å². The zero-order chi connectivity index (χ0) is 17.2. The van der Waals surface area contributed by atoms with Gasteiger partial charge in [-0.3, -0.25) is 9.79 Å². The van der Waals surface area contributed by atoms with Crippen LogP contribution in [0.2, 0.25) is 4.34 Å². The predicted octanol–water partition coefficient (Wildman–Crippen LogP) is 1.61. The Bertz CT molecular complexity index is 635. The molecule has 1 aromatic rings. The van der Waals surface area contributed by atoms with Crippen molar-refractivity contribution in [1.82, 2.24) is 15.5 Å². The Balaban J connectivity index is 1.59. The molecular formula is C16H23ClN4O2S. The standard InChI is InChI=1S/C16H23ClN4O2S/c1-18-15(19-8-11(22)12-3-4-13(17)24-12)21-6-2-5-16(10-21)7-14(23)20-9-16/h3-4,11,22H,2,5-10H2,1H3,(H,18,19)(H,20,23). The highest BCUT2D eigenvalue weighted by Gasteiger charge is 2.42. The first-order valence-corrected chi connectivity index (χ1v) is 9.36. The number of nitrogens with zero attached hydrogens (tertiary/aromatic N) is 2. The Kier molecular flexibility index (Phi) is 5.32. The van der Waals surface area contributed by atoms with Crippen LogP contribution in [0.15, 0.2) is 17.1 Å². The lowest BCUT2D eigenvalue weighted by Crippen LogP contribution is -2.51. The number of carbonyl (C=O) groups is 1. The molecule has 6 nitrogen and oxygen atoms in total. The molecule has 1 spiro atoms. The molecule has 2 aliphatic rings. The molecule has 1 aromatic heterocycles. The number of guanidine groups is 1. The summed E-state index contributed by atoms with van der Waals surface area (Å²) < 4.78 is 0.671. The third-order valence-electron chi connectivity index (χ3n) is 4.74. The molecule has 3 rings (SSSR count). The fourth-order valence-electron chi connectivity index (χ4n) is 3.56. The molecule has 2 atom stereocenters. The number of carbonyl (C=O) groups excluding carboxylic acids is 1. The van der Waals surface area contributed by atoms with Gasteiger partial charge in [0.2, 0.25) is 5.91 Å². The number of hydrogen-bond acceptors (Lipinski definition) is 4. The van der Waals surface area contributed by atoms with Gasteiger partial charge in [0.05, 0.1) is 4.34 Å². The molecule has 3 heterocycles. The second-order valence-corrected chi connectivity index (χ2v) is 8.31. The molecule has 8 heteroatoms. The number of nitrogens with one attached hydrogen (secondary N) is 2. The summed E-state index contributed by atoms with van der Waals surface area (Å²) in [5.41, 5.74) is 0.0207. The molecule has 3 N–H and O–H groups in total. The van der Waals surface area contributed by atoms with Gasteiger partial charge in [-0.15, -0.1) is 11.3 Å². The summed E-state index contributed by atoms with van der Waals surface area (Å²) in [4.78, 5) is 19.0. The molecule has 0 aliphatic carbocycles. The second-order valence-electron chi connectivity index (χ2n) is 6.56. The van der Waals surface area contributed by atoms with E-state index in [-0.39, 0.29) is 11.3 Å². The van der Waals surface area contributed by atoms with Crippen molar-refractivity contribution in [3.8, 4) is 0 Å². The van der Waals surface area contributed by atoms with E-state index in [4.69, 9.17) is 11.6 Å². The van der Waals surface area contributed by atoms with Crippen molar-refractivity contribution in [3.63, 3.8) is 0 Å². The Hall–Kier alpha value is -1.31. The molecule has 24 heavy (non-hydrogen) atoms. The van der Waals surface area contributed by atoms with E-state index >= 15 is 0 Å². The molecule has 0 aromatic carbocycles. The van der Waals surface area contributed by atoms with E-state index in [0.29, 0.717) is 17.3 Å². The van der Waals surface area contributed by atoms with Crippen LogP contribution in [-0.4, -0.2) is 55.1 Å². The normalized spacial score (nSPS) is 25.9. The van der Waals surface area contributed by atoms with E-state index in [1.807, 2.05) is 6.07 Å². The number of rotatable bonds is 3. The van der Waals surface area contributed by atoms with Gasteiger partial charge in [-0.05, 0) is 25.0 Å². The number of aliphatic hydroxyl groups excluding tert-OH is 1. The van der Waals surface area contributed by atoms with Gasteiger partial charge in [-0.25, -0.2) is 0 Å². The van der Waals surface area contributed by atoms with Gasteiger partial charge in [-0.1, -0.05) is 11.6 Å². The summed E-state index contributed by atoms with van der Waals surface area (Å²) in [7, 11) is 1.75. The van der Waals surface area contributed by atoms with Gasteiger partial charge in [0, 0.05) is 49.9 Å². The molecule has 0 bridgehead atoms. The maximum atomic E-state index is 11.6. The lowest BCUT2D eigenvalue weighted by atomic mass is 9.79. The van der Waals surface area contributed by atoms with E-state index < -0.39 is 6.10 Å². The van der Waals surface area contributed by atoms with Crippen LogP contribution in [-0.2, 0) is 4.79 Å². The van der Waals surface area contributed by atoms with Gasteiger partial charge in [0.25, 0.3) is 0 Å². The van der Waals surface area contributed by atoms with Gasteiger partial charge < -0.3 is 20.6 Å². The van der Waals surface area contributed by atoms with Gasteiger partial charge >= 0.3 is 0 Å². The number of thiophene rings is 1. The zero-order valence-electron chi connectivity index (χ0n) is 13.7. The van der Waals surface area contributed by atoms with Crippen molar-refractivity contribution in [2.45, 2.75) is 25.4 Å². The highest BCUT2D eigenvalue weighted by atomic mass is 35.5. The minimum Gasteiger partial charge on any atom is -0.386 e. The van der Waals surface area contributed by atoms with Crippen molar-refractivity contribution in [3.05, 3.63) is 21.3 Å². The number of piperidine rings is 1. The summed E-state index contributed by atoms with van der Waals surface area (Å²) in [6.07, 6.45) is 2.08. The maximum Gasteiger partial charge on any atom is 0.220 e. The summed E-state index contributed by atoms with van der Waals surface area (Å²) in [5.74, 6) is 0.917. The smallest absolute Gasteiger partial charge is 0.220 e. The van der Waals surface area contributed by atoms with Gasteiger partial charge in [-0.2, -0.15) is 0 Å². The quantitative estimate of drug-likeness (QED) is 0.558. The third-order valence-corrected chi connectivity index (χ3v) is 6.08. The minimum absolute atomic E-state index is 0.0207. The van der Waals surface area contributed by atoms with Crippen molar-refractivity contribution in [1.29, 1.82) is 0 Å². The molecule has 132 valence electrons. The van der Waals surface area contributed by atoms with Crippen LogP contribution in [0.1, 0.15) is 30.2 Å². The van der Waals surface area contributed by atoms with E-state index in [9.17, 15) is 9.90 Å². The number of aliphatic imine (C=N–C) groups is 1. The number of hydrogen-bond donors (Lipinski definition) is 3. The van der Waals surface area contributed by atoms with Crippen molar-refractivity contribution >= 4 is 34.8 Å². The van der Waals surface area contributed by atoms with Crippen LogP contribution >= 0.6 is 22.9 Å². The SMILES string of the molecule is CN=C(NCC(O)c1ccc(Cl)s1)N1CCCC2(CNC(=O)C2)C1. The first-order chi connectivity index (χ1) is 11.5. The lowest BCUT2D eigenvalue weighted by Gasteiger charge is -2.40.